The molecule has 1 aliphatic heterocycles. The van der Waals surface area contributed by atoms with E-state index in [-0.39, 0.29) is 5.92 Å². The molecule has 1 fully saturated rings. The number of benzene rings is 1. The number of primary amides is 1. The molecule has 3 N–H and O–H groups in total. The van der Waals surface area contributed by atoms with Crippen molar-refractivity contribution in [3.05, 3.63) is 35.4 Å². The molecule has 0 aromatic heterocycles. The predicted molar refractivity (Wildman–Crippen MR) is 64.4 cm³/mol. The molecule has 0 bridgehead atoms. The number of piperidine rings is 1. The average molecular weight is 272 g/mol. The van der Waals surface area contributed by atoms with Gasteiger partial charge in [0.05, 0.1) is 11.6 Å². The van der Waals surface area contributed by atoms with Gasteiger partial charge in [0, 0.05) is 0 Å². The monoisotopic (exact) mass is 272 g/mol. The average Bonchev–Trinajstić information content (AvgIpc) is 2.38. The van der Waals surface area contributed by atoms with Crippen molar-refractivity contribution in [3.8, 4) is 0 Å². The molecule has 0 aliphatic carbocycles. The molecule has 1 aliphatic rings. The van der Waals surface area contributed by atoms with Crippen molar-refractivity contribution in [1.82, 2.24) is 5.32 Å². The molecule has 2 unspecified atom stereocenters. The Morgan fingerprint density at radius 3 is 2.42 bits per heavy atom. The Labute approximate surface area is 109 Å². The minimum absolute atomic E-state index is 0.0704. The fourth-order valence-electron chi connectivity index (χ4n) is 2.38. The van der Waals surface area contributed by atoms with Gasteiger partial charge in [-0.3, -0.25) is 4.79 Å². The summed E-state index contributed by atoms with van der Waals surface area (Å²) in [6.07, 6.45) is -3.00. The Hall–Kier alpha value is -1.56. The molecule has 1 aromatic carbocycles. The van der Waals surface area contributed by atoms with E-state index in [1.165, 1.54) is 12.1 Å². The zero-order valence-electron chi connectivity index (χ0n) is 10.2. The number of hydrogen-bond acceptors (Lipinski definition) is 2. The maximum atomic E-state index is 12.5. The highest BCUT2D eigenvalue weighted by atomic mass is 19.4. The van der Waals surface area contributed by atoms with Crippen molar-refractivity contribution in [2.24, 2.45) is 5.73 Å². The number of carbonyl (C=O) groups is 1. The van der Waals surface area contributed by atoms with E-state index in [9.17, 15) is 18.0 Å². The molecule has 6 heteroatoms. The molecular formula is C13H15F3N2O. The summed E-state index contributed by atoms with van der Waals surface area (Å²) in [4.78, 5) is 11.1. The summed E-state index contributed by atoms with van der Waals surface area (Å²) in [5.41, 5.74) is 5.40. The van der Waals surface area contributed by atoms with Crippen LogP contribution in [0.2, 0.25) is 0 Å². The Morgan fingerprint density at radius 1 is 1.26 bits per heavy atom. The molecule has 3 nitrogen and oxygen atoms in total. The lowest BCUT2D eigenvalue weighted by Gasteiger charge is -2.28. The first-order chi connectivity index (χ1) is 8.88. The normalized spacial score (nSPS) is 24.2. The molecule has 0 radical (unpaired) electrons. The van der Waals surface area contributed by atoms with Crippen molar-refractivity contribution in [2.75, 3.05) is 6.54 Å². The zero-order valence-corrected chi connectivity index (χ0v) is 10.2. The van der Waals surface area contributed by atoms with Crippen LogP contribution in [-0.4, -0.2) is 18.5 Å². The maximum absolute atomic E-state index is 12.5. The van der Waals surface area contributed by atoms with Crippen LogP contribution in [0.1, 0.15) is 29.9 Å². The van der Waals surface area contributed by atoms with Crippen LogP contribution in [0, 0.1) is 0 Å². The molecule has 2 rings (SSSR count). The van der Waals surface area contributed by atoms with Crippen LogP contribution < -0.4 is 11.1 Å². The lowest BCUT2D eigenvalue weighted by Crippen LogP contribution is -2.46. The van der Waals surface area contributed by atoms with Crippen LogP contribution in [-0.2, 0) is 11.0 Å². The van der Waals surface area contributed by atoms with Crippen LogP contribution in [0.15, 0.2) is 24.3 Å². The molecule has 1 heterocycles. The SMILES string of the molecule is NC(=O)C1CC(c2ccc(C(F)(F)F)cc2)CCN1. The second-order valence-electron chi connectivity index (χ2n) is 4.75. The van der Waals surface area contributed by atoms with Gasteiger partial charge in [-0.2, -0.15) is 13.2 Å². The Bertz CT molecular complexity index is 456. The summed E-state index contributed by atoms with van der Waals surface area (Å²) >= 11 is 0. The lowest BCUT2D eigenvalue weighted by atomic mass is 9.86. The standard InChI is InChI=1S/C13H15F3N2O/c14-13(15,16)10-3-1-8(2-4-10)9-5-6-18-11(7-9)12(17)19/h1-4,9,11,18H,5-7H2,(H2,17,19). The highest BCUT2D eigenvalue weighted by molar-refractivity contribution is 5.80. The van der Waals surface area contributed by atoms with Gasteiger partial charge < -0.3 is 11.1 Å². The molecule has 1 amide bonds. The molecule has 19 heavy (non-hydrogen) atoms. The van der Waals surface area contributed by atoms with E-state index >= 15 is 0 Å². The number of carbonyl (C=O) groups excluding carboxylic acids is 1. The van der Waals surface area contributed by atoms with Crippen molar-refractivity contribution in [1.29, 1.82) is 0 Å². The van der Waals surface area contributed by atoms with Gasteiger partial charge in [-0.05, 0) is 43.0 Å². The fraction of sp³-hybridized carbons (Fsp3) is 0.462. The fourth-order valence-corrected chi connectivity index (χ4v) is 2.38. The minimum atomic E-state index is -4.32. The first kappa shape index (κ1) is 13.9. The van der Waals surface area contributed by atoms with Crippen LogP contribution >= 0.6 is 0 Å². The quantitative estimate of drug-likeness (QED) is 0.865. The highest BCUT2D eigenvalue weighted by Crippen LogP contribution is 2.32. The third-order valence-electron chi connectivity index (χ3n) is 3.46. The van der Waals surface area contributed by atoms with Crippen molar-refractivity contribution >= 4 is 5.91 Å². The zero-order chi connectivity index (χ0) is 14.0. The third kappa shape index (κ3) is 3.26. The van der Waals surface area contributed by atoms with Crippen LogP contribution in [0.25, 0.3) is 0 Å². The van der Waals surface area contributed by atoms with Gasteiger partial charge in [0.25, 0.3) is 0 Å². The van der Waals surface area contributed by atoms with Gasteiger partial charge in [-0.1, -0.05) is 12.1 Å². The van der Waals surface area contributed by atoms with E-state index < -0.39 is 23.7 Å². The molecule has 1 saturated heterocycles. The summed E-state index contributed by atoms with van der Waals surface area (Å²) in [5.74, 6) is -0.349. The Balaban J connectivity index is 2.12. The molecule has 104 valence electrons. The lowest BCUT2D eigenvalue weighted by molar-refractivity contribution is -0.137. The number of alkyl halides is 3. The van der Waals surface area contributed by atoms with Gasteiger partial charge in [-0.15, -0.1) is 0 Å². The van der Waals surface area contributed by atoms with Crippen LogP contribution in [0.5, 0.6) is 0 Å². The van der Waals surface area contributed by atoms with Crippen LogP contribution in [0.3, 0.4) is 0 Å². The summed E-state index contributed by atoms with van der Waals surface area (Å²) < 4.78 is 37.4. The molecule has 0 saturated carbocycles. The molecule has 0 spiro atoms. The van der Waals surface area contributed by atoms with Gasteiger partial charge in [0.15, 0.2) is 0 Å². The van der Waals surface area contributed by atoms with Gasteiger partial charge in [0.1, 0.15) is 0 Å². The number of halogens is 3. The number of nitrogens with two attached hydrogens (primary N) is 1. The first-order valence-electron chi connectivity index (χ1n) is 6.08. The van der Waals surface area contributed by atoms with E-state index in [2.05, 4.69) is 5.32 Å². The predicted octanol–water partition coefficient (Wildman–Crippen LogP) is 2.03. The van der Waals surface area contributed by atoms with E-state index in [1.54, 1.807) is 0 Å². The number of rotatable bonds is 2. The van der Waals surface area contributed by atoms with E-state index in [4.69, 9.17) is 5.73 Å². The van der Waals surface area contributed by atoms with Gasteiger partial charge >= 0.3 is 6.18 Å². The molecule has 1 aromatic rings. The molecular weight excluding hydrogens is 257 g/mol. The number of amides is 1. The highest BCUT2D eigenvalue weighted by Gasteiger charge is 2.31. The van der Waals surface area contributed by atoms with Crippen LogP contribution in [0.4, 0.5) is 13.2 Å². The second-order valence-corrected chi connectivity index (χ2v) is 4.75. The number of nitrogens with one attached hydrogen (secondary N) is 1. The second kappa shape index (κ2) is 5.21. The minimum Gasteiger partial charge on any atom is -0.368 e. The first-order valence-corrected chi connectivity index (χ1v) is 6.08. The van der Waals surface area contributed by atoms with Gasteiger partial charge in [0.2, 0.25) is 5.91 Å². The topological polar surface area (TPSA) is 55.1 Å². The Kier molecular flexibility index (Phi) is 3.80. The van der Waals surface area contributed by atoms with E-state index in [0.29, 0.717) is 13.0 Å². The maximum Gasteiger partial charge on any atom is 0.416 e. The smallest absolute Gasteiger partial charge is 0.368 e. The number of hydrogen-bond donors (Lipinski definition) is 2. The van der Waals surface area contributed by atoms with E-state index in [1.807, 2.05) is 0 Å². The third-order valence-corrected chi connectivity index (χ3v) is 3.46. The summed E-state index contributed by atoms with van der Waals surface area (Å²) in [6, 6.07) is 4.72. The summed E-state index contributed by atoms with van der Waals surface area (Å²) in [5, 5.41) is 3.00. The van der Waals surface area contributed by atoms with Gasteiger partial charge in [-0.25, -0.2) is 0 Å². The van der Waals surface area contributed by atoms with Crippen molar-refractivity contribution in [2.45, 2.75) is 31.0 Å². The Morgan fingerprint density at radius 2 is 1.89 bits per heavy atom. The molecule has 2 atom stereocenters. The van der Waals surface area contributed by atoms with Crippen molar-refractivity contribution < 1.29 is 18.0 Å². The largest absolute Gasteiger partial charge is 0.416 e. The van der Waals surface area contributed by atoms with E-state index in [0.717, 1.165) is 24.1 Å². The van der Waals surface area contributed by atoms with Crippen molar-refractivity contribution in [3.63, 3.8) is 0 Å². The summed E-state index contributed by atoms with van der Waals surface area (Å²) in [7, 11) is 0. The summed E-state index contributed by atoms with van der Waals surface area (Å²) in [6.45, 7) is 0.638.